The molecule has 3 unspecified atom stereocenters. The molecule has 3 rings (SSSR count). The van der Waals surface area contributed by atoms with Crippen molar-refractivity contribution in [3.8, 4) is 0 Å². The SMILES string of the molecule is CNN/C(=C\NC1C(O)[C@@H](Sc2ccc(Cl)cc2Cl)OC(CO)[C@@H]1O)c1cc(F)c(F)c(F)c1. The van der Waals surface area contributed by atoms with E-state index in [1.165, 1.54) is 19.3 Å². The summed E-state index contributed by atoms with van der Waals surface area (Å²) in [5, 5.41) is 34.7. The van der Waals surface area contributed by atoms with Crippen molar-refractivity contribution in [3.63, 3.8) is 0 Å². The van der Waals surface area contributed by atoms with Gasteiger partial charge in [0.25, 0.3) is 0 Å². The fourth-order valence-electron chi connectivity index (χ4n) is 3.29. The van der Waals surface area contributed by atoms with Gasteiger partial charge in [-0.2, -0.15) is 0 Å². The zero-order chi connectivity index (χ0) is 25.0. The van der Waals surface area contributed by atoms with Gasteiger partial charge in [-0.25, -0.2) is 18.6 Å². The Bertz CT molecular complexity index is 1030. The van der Waals surface area contributed by atoms with Gasteiger partial charge in [-0.15, -0.1) is 0 Å². The maximum Gasteiger partial charge on any atom is 0.194 e. The van der Waals surface area contributed by atoms with E-state index >= 15 is 0 Å². The van der Waals surface area contributed by atoms with Gasteiger partial charge in [0.15, 0.2) is 17.5 Å². The van der Waals surface area contributed by atoms with E-state index in [2.05, 4.69) is 16.2 Å². The second-order valence-electron chi connectivity index (χ2n) is 7.28. The second-order valence-corrected chi connectivity index (χ2v) is 9.26. The number of aliphatic hydroxyl groups excluding tert-OH is 3. The lowest BCUT2D eigenvalue weighted by Crippen LogP contribution is -2.62. The van der Waals surface area contributed by atoms with E-state index < -0.39 is 53.8 Å². The van der Waals surface area contributed by atoms with Crippen LogP contribution in [0.15, 0.2) is 41.4 Å². The molecule has 13 heteroatoms. The first-order valence-electron chi connectivity index (χ1n) is 9.94. The van der Waals surface area contributed by atoms with Crippen LogP contribution in [0.5, 0.6) is 0 Å². The van der Waals surface area contributed by atoms with Crippen LogP contribution < -0.4 is 16.2 Å². The van der Waals surface area contributed by atoms with E-state index in [4.69, 9.17) is 27.9 Å². The Labute approximate surface area is 207 Å². The normalized spacial score (nSPS) is 25.3. The van der Waals surface area contributed by atoms with Crippen molar-refractivity contribution in [2.45, 2.75) is 34.7 Å². The fourth-order valence-corrected chi connectivity index (χ4v) is 4.91. The van der Waals surface area contributed by atoms with Crippen LogP contribution in [0, 0.1) is 17.5 Å². The summed E-state index contributed by atoms with van der Waals surface area (Å²) >= 11 is 13.2. The smallest absolute Gasteiger partial charge is 0.194 e. The molecule has 6 N–H and O–H groups in total. The number of hydrazine groups is 1. The van der Waals surface area contributed by atoms with Crippen molar-refractivity contribution < 1.29 is 33.2 Å². The minimum atomic E-state index is -1.61. The van der Waals surface area contributed by atoms with E-state index in [1.807, 2.05) is 0 Å². The van der Waals surface area contributed by atoms with Gasteiger partial charge >= 0.3 is 0 Å². The second kappa shape index (κ2) is 11.8. The quantitative estimate of drug-likeness (QED) is 0.224. The average Bonchev–Trinajstić information content (AvgIpc) is 2.79. The maximum atomic E-state index is 13.7. The monoisotopic (exact) mass is 539 g/mol. The van der Waals surface area contributed by atoms with Crippen molar-refractivity contribution in [1.29, 1.82) is 0 Å². The summed E-state index contributed by atoms with van der Waals surface area (Å²) in [7, 11) is 1.49. The lowest BCUT2D eigenvalue weighted by atomic mass is 9.97. The summed E-state index contributed by atoms with van der Waals surface area (Å²) in [6.07, 6.45) is -2.48. The molecule has 1 aliphatic rings. The van der Waals surface area contributed by atoms with Crippen LogP contribution in [-0.4, -0.2) is 58.8 Å². The Morgan fingerprint density at radius 2 is 1.79 bits per heavy atom. The Balaban J connectivity index is 1.86. The lowest BCUT2D eigenvalue weighted by molar-refractivity contribution is -0.164. The van der Waals surface area contributed by atoms with E-state index in [0.717, 1.165) is 23.9 Å². The number of benzene rings is 2. The lowest BCUT2D eigenvalue weighted by Gasteiger charge is -2.42. The molecule has 0 bridgehead atoms. The molecule has 0 aliphatic carbocycles. The summed E-state index contributed by atoms with van der Waals surface area (Å²) in [5.74, 6) is -4.38. The molecule has 34 heavy (non-hydrogen) atoms. The number of hydrogen-bond donors (Lipinski definition) is 6. The minimum Gasteiger partial charge on any atom is -0.394 e. The van der Waals surface area contributed by atoms with E-state index in [0.29, 0.717) is 14.9 Å². The third-order valence-electron chi connectivity index (χ3n) is 5.00. The standard InChI is InChI=1S/C21H22Cl2F3N3O4S/c1-27-29-14(9-4-12(24)17(26)13(25)5-9)7-28-18-19(31)15(8-30)33-21(20(18)32)34-16-3-2-10(22)6-11(16)23/h2-7,15,18-21,27-32H,8H2,1H3/b14-7-/t15?,18?,19-,20?,21+/m0/s1. The average molecular weight is 540 g/mol. The largest absolute Gasteiger partial charge is 0.394 e. The van der Waals surface area contributed by atoms with Gasteiger partial charge in [-0.3, -0.25) is 0 Å². The van der Waals surface area contributed by atoms with Gasteiger partial charge in [0.05, 0.1) is 23.4 Å². The van der Waals surface area contributed by atoms with Gasteiger partial charge in [-0.1, -0.05) is 35.0 Å². The molecular formula is C21H22Cl2F3N3O4S. The van der Waals surface area contributed by atoms with Gasteiger partial charge in [0, 0.05) is 28.7 Å². The number of thioether (sulfide) groups is 1. The fraction of sp³-hybridized carbons (Fsp3) is 0.333. The first kappa shape index (κ1) is 26.9. The topological polar surface area (TPSA) is 106 Å². The molecule has 0 spiro atoms. The third-order valence-corrected chi connectivity index (χ3v) is 6.89. The van der Waals surface area contributed by atoms with Crippen LogP contribution in [0.2, 0.25) is 10.0 Å². The zero-order valence-corrected chi connectivity index (χ0v) is 19.9. The number of rotatable bonds is 8. The summed E-state index contributed by atoms with van der Waals surface area (Å²) in [5.41, 5.74) is 4.31. The van der Waals surface area contributed by atoms with Crippen molar-refractivity contribution in [3.05, 3.63) is 69.6 Å². The van der Waals surface area contributed by atoms with Gasteiger partial charge in [0.1, 0.15) is 23.7 Å². The summed E-state index contributed by atoms with van der Waals surface area (Å²) in [6, 6.07) is 5.26. The molecule has 1 heterocycles. The van der Waals surface area contributed by atoms with Crippen molar-refractivity contribution in [2.24, 2.45) is 0 Å². The number of hydrogen-bond acceptors (Lipinski definition) is 8. The van der Waals surface area contributed by atoms with E-state index in [9.17, 15) is 28.5 Å². The Morgan fingerprint density at radius 3 is 2.38 bits per heavy atom. The van der Waals surface area contributed by atoms with Crippen LogP contribution in [-0.2, 0) is 4.74 Å². The van der Waals surface area contributed by atoms with Gasteiger partial charge < -0.3 is 30.8 Å². The first-order valence-corrected chi connectivity index (χ1v) is 11.6. The van der Waals surface area contributed by atoms with Crippen LogP contribution >= 0.6 is 35.0 Å². The number of aliphatic hydroxyl groups is 3. The Hall–Kier alpha value is -1.70. The highest BCUT2D eigenvalue weighted by Crippen LogP contribution is 2.37. The summed E-state index contributed by atoms with van der Waals surface area (Å²) in [4.78, 5) is 0.548. The minimum absolute atomic E-state index is 0.0492. The molecular weight excluding hydrogens is 518 g/mol. The Kier molecular flexibility index (Phi) is 9.35. The molecule has 0 amide bonds. The highest BCUT2D eigenvalue weighted by molar-refractivity contribution is 8.00. The number of nitrogens with one attached hydrogen (secondary N) is 3. The van der Waals surface area contributed by atoms with Gasteiger partial charge in [-0.05, 0) is 30.3 Å². The third kappa shape index (κ3) is 6.10. The molecule has 2 aromatic rings. The van der Waals surface area contributed by atoms with Crippen molar-refractivity contribution >= 4 is 40.7 Å². The summed E-state index contributed by atoms with van der Waals surface area (Å²) in [6.45, 7) is -0.544. The number of ether oxygens (including phenoxy) is 1. The highest BCUT2D eigenvalue weighted by atomic mass is 35.5. The Morgan fingerprint density at radius 1 is 1.12 bits per heavy atom. The van der Waals surface area contributed by atoms with E-state index in [-0.39, 0.29) is 11.3 Å². The van der Waals surface area contributed by atoms with Crippen molar-refractivity contribution in [1.82, 2.24) is 16.2 Å². The molecule has 0 aromatic heterocycles. The predicted molar refractivity (Wildman–Crippen MR) is 123 cm³/mol. The molecule has 0 saturated carbocycles. The van der Waals surface area contributed by atoms with Crippen LogP contribution in [0.4, 0.5) is 13.2 Å². The molecule has 0 radical (unpaired) electrons. The molecule has 7 nitrogen and oxygen atoms in total. The van der Waals surface area contributed by atoms with Crippen LogP contribution in [0.25, 0.3) is 5.70 Å². The molecule has 1 aliphatic heterocycles. The molecule has 1 fully saturated rings. The van der Waals surface area contributed by atoms with E-state index in [1.54, 1.807) is 12.1 Å². The maximum absolute atomic E-state index is 13.7. The zero-order valence-electron chi connectivity index (χ0n) is 17.6. The summed E-state index contributed by atoms with van der Waals surface area (Å²) < 4.78 is 46.4. The highest BCUT2D eigenvalue weighted by Gasteiger charge is 2.44. The number of halogens is 5. The predicted octanol–water partition coefficient (Wildman–Crippen LogP) is 2.62. The first-order chi connectivity index (χ1) is 16.2. The van der Waals surface area contributed by atoms with Gasteiger partial charge in [0.2, 0.25) is 0 Å². The molecule has 2 aromatic carbocycles. The molecule has 5 atom stereocenters. The molecule has 186 valence electrons. The van der Waals surface area contributed by atoms with Crippen LogP contribution in [0.1, 0.15) is 5.56 Å². The van der Waals surface area contributed by atoms with Crippen LogP contribution in [0.3, 0.4) is 0 Å². The molecule has 1 saturated heterocycles. The van der Waals surface area contributed by atoms with Crippen molar-refractivity contribution in [2.75, 3.05) is 13.7 Å².